The molecule has 0 fully saturated rings. The molecule has 3 rings (SSSR count). The first-order valence-electron chi connectivity index (χ1n) is 9.52. The van der Waals surface area contributed by atoms with E-state index in [1.807, 2.05) is 12.1 Å². The minimum atomic E-state index is -4.70. The summed E-state index contributed by atoms with van der Waals surface area (Å²) in [5, 5.41) is 6.07. The third-order valence-corrected chi connectivity index (χ3v) is 4.23. The number of ether oxygens (including phenoxy) is 2. The van der Waals surface area contributed by atoms with E-state index in [2.05, 4.69) is 20.0 Å². The lowest BCUT2D eigenvalue weighted by atomic mass is 10.2. The number of hydrogen-bond acceptors (Lipinski definition) is 6. The fourth-order valence-electron chi connectivity index (χ4n) is 2.60. The Hall–Kier alpha value is -3.82. The molecule has 3 aromatic rings. The van der Waals surface area contributed by atoms with Crippen LogP contribution in [0.25, 0.3) is 17.5 Å². The van der Waals surface area contributed by atoms with Crippen LogP contribution in [-0.4, -0.2) is 35.8 Å². The smallest absolute Gasteiger partial charge is 0.471 e. The number of nitrogens with one attached hydrogen (secondary N) is 1. The van der Waals surface area contributed by atoms with Gasteiger partial charge in [-0.15, -0.1) is 0 Å². The Morgan fingerprint density at radius 2 is 1.78 bits per heavy atom. The first-order chi connectivity index (χ1) is 15.2. The average molecular weight is 447 g/mol. The molecule has 7 nitrogen and oxygen atoms in total. The summed E-state index contributed by atoms with van der Waals surface area (Å²) >= 11 is 0. The van der Waals surface area contributed by atoms with Crippen molar-refractivity contribution in [2.75, 3.05) is 13.7 Å². The molecule has 0 aliphatic rings. The Labute approximate surface area is 181 Å². The normalized spacial score (nSPS) is 12.5. The van der Waals surface area contributed by atoms with Crippen LogP contribution in [0.1, 0.15) is 18.4 Å². The largest absolute Gasteiger partial charge is 0.497 e. The number of nitrogens with zero attached hydrogens (tertiary/aromatic N) is 2. The molecule has 0 bridgehead atoms. The van der Waals surface area contributed by atoms with Gasteiger partial charge in [-0.25, -0.2) is 0 Å². The molecule has 0 spiro atoms. The van der Waals surface area contributed by atoms with Crippen LogP contribution in [0.3, 0.4) is 0 Å². The number of hydrogen-bond donors (Lipinski definition) is 1. The van der Waals surface area contributed by atoms with Crippen LogP contribution in [0.5, 0.6) is 11.5 Å². The molecule has 1 amide bonds. The van der Waals surface area contributed by atoms with E-state index in [-0.39, 0.29) is 24.4 Å². The molecular weight excluding hydrogens is 427 g/mol. The van der Waals surface area contributed by atoms with Crippen LogP contribution >= 0.6 is 0 Å². The first-order valence-corrected chi connectivity index (χ1v) is 9.52. The summed E-state index contributed by atoms with van der Waals surface area (Å²) in [6, 6.07) is 13.4. The van der Waals surface area contributed by atoms with Crippen molar-refractivity contribution in [2.24, 2.45) is 0 Å². The molecule has 10 heteroatoms. The van der Waals surface area contributed by atoms with Crippen molar-refractivity contribution in [2.45, 2.75) is 19.2 Å². The number of aromatic nitrogens is 2. The number of benzene rings is 2. The minimum Gasteiger partial charge on any atom is -0.497 e. The Kier molecular flexibility index (Phi) is 7.14. The first kappa shape index (κ1) is 22.9. The molecule has 1 aromatic heterocycles. The number of amides is 1. The van der Waals surface area contributed by atoms with Crippen LogP contribution in [0.15, 0.2) is 59.1 Å². The van der Waals surface area contributed by atoms with E-state index < -0.39 is 12.1 Å². The topological polar surface area (TPSA) is 86.5 Å². The van der Waals surface area contributed by atoms with Crippen molar-refractivity contribution in [3.63, 3.8) is 0 Å². The third-order valence-electron chi connectivity index (χ3n) is 4.23. The van der Waals surface area contributed by atoms with E-state index in [1.54, 1.807) is 44.4 Å². The summed E-state index contributed by atoms with van der Waals surface area (Å²) in [5.74, 6) is -0.645. The molecule has 0 aliphatic carbocycles. The maximum Gasteiger partial charge on any atom is 0.471 e. The lowest BCUT2D eigenvalue weighted by molar-refractivity contribution is -0.159. The van der Waals surface area contributed by atoms with Gasteiger partial charge in [-0.1, -0.05) is 17.3 Å². The predicted octanol–water partition coefficient (Wildman–Crippen LogP) is 4.36. The second kappa shape index (κ2) is 9.99. The van der Waals surface area contributed by atoms with Gasteiger partial charge in [0, 0.05) is 11.6 Å². The summed E-state index contributed by atoms with van der Waals surface area (Å²) in [4.78, 5) is 15.3. The fourth-order valence-corrected chi connectivity index (χ4v) is 2.60. The van der Waals surface area contributed by atoms with E-state index >= 15 is 0 Å². The number of carbonyl (C=O) groups excluding carboxylic acids is 1. The minimum absolute atomic E-state index is 0.173. The Morgan fingerprint density at radius 1 is 1.12 bits per heavy atom. The number of halogens is 3. The molecule has 1 atom stereocenters. The number of carbonyl (C=O) groups is 1. The highest BCUT2D eigenvalue weighted by Gasteiger charge is 2.38. The molecule has 0 radical (unpaired) electrons. The van der Waals surface area contributed by atoms with Crippen LogP contribution in [0, 0.1) is 0 Å². The van der Waals surface area contributed by atoms with Crippen molar-refractivity contribution >= 4 is 12.0 Å². The zero-order chi connectivity index (χ0) is 23.1. The highest BCUT2D eigenvalue weighted by Crippen LogP contribution is 2.29. The zero-order valence-electron chi connectivity index (χ0n) is 17.2. The van der Waals surface area contributed by atoms with Gasteiger partial charge >= 0.3 is 12.1 Å². The maximum atomic E-state index is 12.6. The number of alkyl halides is 3. The van der Waals surface area contributed by atoms with Crippen LogP contribution in [0.2, 0.25) is 0 Å². The molecule has 1 unspecified atom stereocenters. The zero-order valence-corrected chi connectivity index (χ0v) is 17.2. The van der Waals surface area contributed by atoms with E-state index in [0.717, 1.165) is 11.3 Å². The molecule has 0 saturated carbocycles. The lowest BCUT2D eigenvalue weighted by Gasteiger charge is -2.15. The molecule has 1 N–H and O–H groups in total. The molecular formula is C22H20F3N3O4. The van der Waals surface area contributed by atoms with E-state index in [0.29, 0.717) is 11.3 Å². The van der Waals surface area contributed by atoms with Gasteiger partial charge in [0.05, 0.1) is 13.7 Å². The SMILES string of the molecule is COc1ccc(/C=C/C(=O)NCC(C)Oc2ccc(-c3noc(C(F)(F)F)n3)cc2)cc1. The van der Waals surface area contributed by atoms with E-state index in [1.165, 1.54) is 18.2 Å². The second-order valence-corrected chi connectivity index (χ2v) is 6.73. The van der Waals surface area contributed by atoms with Gasteiger partial charge in [0.25, 0.3) is 0 Å². The Balaban J connectivity index is 1.48. The summed E-state index contributed by atoms with van der Waals surface area (Å²) in [6.45, 7) is 2.03. The van der Waals surface area contributed by atoms with Gasteiger partial charge in [0.2, 0.25) is 11.7 Å². The van der Waals surface area contributed by atoms with Gasteiger partial charge in [-0.05, 0) is 55.0 Å². The summed E-state index contributed by atoms with van der Waals surface area (Å²) < 4.78 is 52.7. The predicted molar refractivity (Wildman–Crippen MR) is 110 cm³/mol. The Morgan fingerprint density at radius 3 is 2.38 bits per heavy atom. The monoisotopic (exact) mass is 447 g/mol. The third kappa shape index (κ3) is 6.34. The summed E-state index contributed by atoms with van der Waals surface area (Å²) in [5.41, 5.74) is 1.20. The molecule has 0 aliphatic heterocycles. The van der Waals surface area contributed by atoms with Gasteiger partial charge in [0.1, 0.15) is 17.6 Å². The molecule has 0 saturated heterocycles. The highest BCUT2D eigenvalue weighted by molar-refractivity contribution is 5.91. The van der Waals surface area contributed by atoms with Crippen molar-refractivity contribution in [3.05, 3.63) is 66.1 Å². The van der Waals surface area contributed by atoms with E-state index in [4.69, 9.17) is 9.47 Å². The number of rotatable bonds is 8. The summed E-state index contributed by atoms with van der Waals surface area (Å²) in [6.07, 6.45) is -1.94. The molecule has 2 aromatic carbocycles. The maximum absolute atomic E-state index is 12.6. The Bertz CT molecular complexity index is 1060. The fraction of sp³-hybridized carbons (Fsp3) is 0.227. The van der Waals surface area contributed by atoms with Crippen molar-refractivity contribution < 1.29 is 32.0 Å². The number of methoxy groups -OCH3 is 1. The van der Waals surface area contributed by atoms with Crippen molar-refractivity contribution in [1.82, 2.24) is 15.5 Å². The van der Waals surface area contributed by atoms with Gasteiger partial charge in [0.15, 0.2) is 0 Å². The summed E-state index contributed by atoms with van der Waals surface area (Å²) in [7, 11) is 1.58. The second-order valence-electron chi connectivity index (χ2n) is 6.73. The van der Waals surface area contributed by atoms with Crippen LogP contribution in [0.4, 0.5) is 13.2 Å². The van der Waals surface area contributed by atoms with Gasteiger partial charge in [-0.2, -0.15) is 18.2 Å². The van der Waals surface area contributed by atoms with Crippen LogP contribution in [-0.2, 0) is 11.0 Å². The quantitative estimate of drug-likeness (QED) is 0.517. The van der Waals surface area contributed by atoms with Crippen molar-refractivity contribution in [1.29, 1.82) is 0 Å². The average Bonchev–Trinajstić information content (AvgIpc) is 3.28. The van der Waals surface area contributed by atoms with Gasteiger partial charge < -0.3 is 19.3 Å². The van der Waals surface area contributed by atoms with Gasteiger partial charge in [-0.3, -0.25) is 4.79 Å². The standard InChI is InChI=1S/C22H20F3N3O4/c1-14(13-26-19(29)12-5-15-3-8-17(30-2)9-4-15)31-18-10-6-16(7-11-18)20-27-21(32-28-20)22(23,24)25/h3-12,14H,13H2,1-2H3,(H,26,29)/b12-5+. The molecule has 168 valence electrons. The highest BCUT2D eigenvalue weighted by atomic mass is 19.4. The van der Waals surface area contributed by atoms with Crippen molar-refractivity contribution in [3.8, 4) is 22.9 Å². The lowest BCUT2D eigenvalue weighted by Crippen LogP contribution is -2.32. The van der Waals surface area contributed by atoms with E-state index in [9.17, 15) is 18.0 Å². The molecule has 32 heavy (non-hydrogen) atoms. The molecule has 1 heterocycles. The van der Waals surface area contributed by atoms with Crippen LogP contribution < -0.4 is 14.8 Å².